The van der Waals surface area contributed by atoms with Crippen molar-refractivity contribution in [1.29, 1.82) is 0 Å². The van der Waals surface area contributed by atoms with Gasteiger partial charge in [-0.25, -0.2) is 14.6 Å². The van der Waals surface area contributed by atoms with E-state index in [1.54, 1.807) is 28.9 Å². The van der Waals surface area contributed by atoms with Crippen molar-refractivity contribution in [2.45, 2.75) is 13.8 Å². The van der Waals surface area contributed by atoms with Crippen LogP contribution in [-0.4, -0.2) is 25.7 Å². The lowest BCUT2D eigenvalue weighted by molar-refractivity contribution is 0.102. The lowest BCUT2D eigenvalue weighted by atomic mass is 10.2. The van der Waals surface area contributed by atoms with E-state index in [2.05, 4.69) is 20.4 Å². The lowest BCUT2D eigenvalue weighted by Gasteiger charge is -2.06. The second kappa shape index (κ2) is 5.88. The SMILES string of the molecule is Cc1cc(C)n(-c2ccc(C(=O)Nc3ccc(N)nc3)cn2)n1. The average Bonchev–Trinajstić information content (AvgIpc) is 2.88. The Morgan fingerprint density at radius 3 is 2.52 bits per heavy atom. The van der Waals surface area contributed by atoms with E-state index >= 15 is 0 Å². The molecule has 3 aromatic heterocycles. The molecular formula is C16H16N6O. The Hall–Kier alpha value is -3.22. The fourth-order valence-electron chi connectivity index (χ4n) is 2.19. The minimum atomic E-state index is -0.260. The highest BCUT2D eigenvalue weighted by Crippen LogP contribution is 2.12. The molecule has 0 radical (unpaired) electrons. The van der Waals surface area contributed by atoms with Crippen LogP contribution in [0.3, 0.4) is 0 Å². The molecule has 0 atom stereocenters. The molecule has 0 spiro atoms. The molecule has 7 nitrogen and oxygen atoms in total. The Morgan fingerprint density at radius 1 is 1.13 bits per heavy atom. The smallest absolute Gasteiger partial charge is 0.257 e. The minimum absolute atomic E-state index is 0.260. The van der Waals surface area contributed by atoms with Gasteiger partial charge < -0.3 is 11.1 Å². The van der Waals surface area contributed by atoms with Gasteiger partial charge in [0.05, 0.1) is 23.1 Å². The molecule has 7 heteroatoms. The van der Waals surface area contributed by atoms with Crippen LogP contribution in [0, 0.1) is 13.8 Å². The number of pyridine rings is 2. The highest BCUT2D eigenvalue weighted by molar-refractivity contribution is 6.04. The monoisotopic (exact) mass is 308 g/mol. The third-order valence-corrected chi connectivity index (χ3v) is 3.28. The van der Waals surface area contributed by atoms with Crippen molar-refractivity contribution < 1.29 is 4.79 Å². The summed E-state index contributed by atoms with van der Waals surface area (Å²) in [5, 5.41) is 7.11. The van der Waals surface area contributed by atoms with E-state index in [-0.39, 0.29) is 5.91 Å². The molecule has 0 aliphatic rings. The lowest BCUT2D eigenvalue weighted by Crippen LogP contribution is -2.13. The zero-order valence-corrected chi connectivity index (χ0v) is 12.8. The van der Waals surface area contributed by atoms with Crippen LogP contribution in [0.1, 0.15) is 21.7 Å². The number of anilines is 2. The van der Waals surface area contributed by atoms with Gasteiger partial charge in [0.1, 0.15) is 5.82 Å². The van der Waals surface area contributed by atoms with Gasteiger partial charge in [-0.3, -0.25) is 4.79 Å². The average molecular weight is 308 g/mol. The maximum absolute atomic E-state index is 12.2. The summed E-state index contributed by atoms with van der Waals surface area (Å²) < 4.78 is 1.74. The minimum Gasteiger partial charge on any atom is -0.384 e. The van der Waals surface area contributed by atoms with Gasteiger partial charge in [-0.2, -0.15) is 5.10 Å². The van der Waals surface area contributed by atoms with Gasteiger partial charge in [0, 0.05) is 11.9 Å². The number of aromatic nitrogens is 4. The second-order valence-electron chi connectivity index (χ2n) is 5.17. The van der Waals surface area contributed by atoms with Crippen molar-refractivity contribution >= 4 is 17.4 Å². The van der Waals surface area contributed by atoms with E-state index in [0.717, 1.165) is 11.4 Å². The molecule has 0 aliphatic carbocycles. The van der Waals surface area contributed by atoms with Crippen molar-refractivity contribution in [2.24, 2.45) is 0 Å². The van der Waals surface area contributed by atoms with Crippen molar-refractivity contribution in [1.82, 2.24) is 19.7 Å². The van der Waals surface area contributed by atoms with Crippen LogP contribution < -0.4 is 11.1 Å². The van der Waals surface area contributed by atoms with Crippen LogP contribution in [0.25, 0.3) is 5.82 Å². The van der Waals surface area contributed by atoms with Gasteiger partial charge in [-0.05, 0) is 44.2 Å². The zero-order chi connectivity index (χ0) is 16.4. The van der Waals surface area contributed by atoms with Gasteiger partial charge in [0.15, 0.2) is 5.82 Å². The highest BCUT2D eigenvalue weighted by atomic mass is 16.1. The molecule has 0 unspecified atom stereocenters. The van der Waals surface area contributed by atoms with Crippen LogP contribution in [0.2, 0.25) is 0 Å². The fraction of sp³-hybridized carbons (Fsp3) is 0.125. The normalized spacial score (nSPS) is 10.5. The zero-order valence-electron chi connectivity index (χ0n) is 12.8. The van der Waals surface area contributed by atoms with E-state index < -0.39 is 0 Å². The summed E-state index contributed by atoms with van der Waals surface area (Å²) in [6, 6.07) is 8.75. The third-order valence-electron chi connectivity index (χ3n) is 3.28. The quantitative estimate of drug-likeness (QED) is 0.772. The number of carbonyl (C=O) groups excluding carboxylic acids is 1. The molecule has 0 saturated carbocycles. The number of nitrogen functional groups attached to an aromatic ring is 1. The largest absolute Gasteiger partial charge is 0.384 e. The first-order valence-corrected chi connectivity index (χ1v) is 7.05. The standard InChI is InChI=1S/C16H16N6O/c1-10-7-11(2)22(21-10)15-6-3-12(8-19-15)16(23)20-13-4-5-14(17)18-9-13/h3-9H,1-2H3,(H2,17,18)(H,20,23). The predicted molar refractivity (Wildman–Crippen MR) is 87.4 cm³/mol. The van der Waals surface area contributed by atoms with Gasteiger partial charge in [0.2, 0.25) is 0 Å². The Balaban J connectivity index is 1.77. The summed E-state index contributed by atoms with van der Waals surface area (Å²) >= 11 is 0. The molecular weight excluding hydrogens is 292 g/mol. The van der Waals surface area contributed by atoms with E-state index in [1.807, 2.05) is 19.9 Å². The van der Waals surface area contributed by atoms with Crippen LogP contribution in [0.15, 0.2) is 42.7 Å². The molecule has 1 amide bonds. The number of nitrogens with one attached hydrogen (secondary N) is 1. The Morgan fingerprint density at radius 2 is 1.96 bits per heavy atom. The van der Waals surface area contributed by atoms with Crippen LogP contribution in [0.5, 0.6) is 0 Å². The van der Waals surface area contributed by atoms with Crippen molar-refractivity contribution in [3.05, 3.63) is 59.7 Å². The molecule has 0 bridgehead atoms. The molecule has 23 heavy (non-hydrogen) atoms. The predicted octanol–water partition coefficient (Wildman–Crippen LogP) is 2.11. The van der Waals surface area contributed by atoms with Crippen molar-refractivity contribution in [3.8, 4) is 5.82 Å². The van der Waals surface area contributed by atoms with Crippen LogP contribution >= 0.6 is 0 Å². The molecule has 3 N–H and O–H groups in total. The number of carbonyl (C=O) groups is 1. The molecule has 0 aliphatic heterocycles. The number of amides is 1. The summed E-state index contributed by atoms with van der Waals surface area (Å²) in [5.74, 6) is 0.809. The number of nitrogens with two attached hydrogens (primary N) is 1. The van der Waals surface area contributed by atoms with Crippen LogP contribution in [0.4, 0.5) is 11.5 Å². The molecule has 0 fully saturated rings. The highest BCUT2D eigenvalue weighted by Gasteiger charge is 2.09. The Labute approximate surface area is 133 Å². The molecule has 3 rings (SSSR count). The van der Waals surface area contributed by atoms with Gasteiger partial charge in [-0.1, -0.05) is 0 Å². The first-order chi connectivity index (χ1) is 11.0. The molecule has 0 saturated heterocycles. The number of aryl methyl sites for hydroxylation is 2. The van der Waals surface area contributed by atoms with Gasteiger partial charge in [-0.15, -0.1) is 0 Å². The number of hydrogen-bond donors (Lipinski definition) is 2. The maximum Gasteiger partial charge on any atom is 0.257 e. The number of rotatable bonds is 3. The maximum atomic E-state index is 12.2. The summed E-state index contributed by atoms with van der Waals surface area (Å²) in [7, 11) is 0. The van der Waals surface area contributed by atoms with Gasteiger partial charge in [0.25, 0.3) is 5.91 Å². The molecule has 0 aromatic carbocycles. The third kappa shape index (κ3) is 3.18. The number of hydrogen-bond acceptors (Lipinski definition) is 5. The first-order valence-electron chi connectivity index (χ1n) is 7.05. The second-order valence-corrected chi connectivity index (χ2v) is 5.17. The van der Waals surface area contributed by atoms with E-state index in [0.29, 0.717) is 22.9 Å². The topological polar surface area (TPSA) is 98.7 Å². The fourth-order valence-corrected chi connectivity index (χ4v) is 2.19. The van der Waals surface area contributed by atoms with E-state index in [9.17, 15) is 4.79 Å². The summed E-state index contributed by atoms with van der Waals surface area (Å²) in [4.78, 5) is 20.4. The summed E-state index contributed by atoms with van der Waals surface area (Å²) in [5.41, 5.74) is 8.44. The molecule has 3 aromatic rings. The van der Waals surface area contributed by atoms with Crippen molar-refractivity contribution in [2.75, 3.05) is 11.1 Å². The Bertz CT molecular complexity index is 836. The Kier molecular flexibility index (Phi) is 3.76. The van der Waals surface area contributed by atoms with Crippen molar-refractivity contribution in [3.63, 3.8) is 0 Å². The summed E-state index contributed by atoms with van der Waals surface area (Å²) in [6.45, 7) is 3.88. The molecule has 3 heterocycles. The van der Waals surface area contributed by atoms with Gasteiger partial charge >= 0.3 is 0 Å². The van der Waals surface area contributed by atoms with E-state index in [4.69, 9.17) is 5.73 Å². The summed E-state index contributed by atoms with van der Waals surface area (Å²) in [6.07, 6.45) is 3.02. The molecule has 116 valence electrons. The van der Waals surface area contributed by atoms with E-state index in [1.165, 1.54) is 12.4 Å². The number of nitrogens with zero attached hydrogens (tertiary/aromatic N) is 4. The van der Waals surface area contributed by atoms with Crippen LogP contribution in [-0.2, 0) is 0 Å². The first kappa shape index (κ1) is 14.7.